The highest BCUT2D eigenvalue weighted by atomic mass is 32.2. The van der Waals surface area contributed by atoms with Gasteiger partial charge in [0, 0.05) is 10.9 Å². The molecule has 1 aliphatic carbocycles. The Morgan fingerprint density at radius 1 is 1.20 bits per heavy atom. The molecular weight excluding hydrogens is 262 g/mol. The molecule has 20 heavy (non-hydrogen) atoms. The first kappa shape index (κ1) is 15.9. The van der Waals surface area contributed by atoms with Gasteiger partial charge in [0.2, 0.25) is 0 Å². The van der Waals surface area contributed by atoms with Crippen LogP contribution in [-0.2, 0) is 0 Å². The summed E-state index contributed by atoms with van der Waals surface area (Å²) in [4.78, 5) is 1.41. The maximum Gasteiger partial charge on any atom is 0.00928 e. The van der Waals surface area contributed by atoms with E-state index in [4.69, 9.17) is 0 Å². The molecule has 0 saturated heterocycles. The Morgan fingerprint density at radius 2 is 1.95 bits per heavy atom. The summed E-state index contributed by atoms with van der Waals surface area (Å²) in [6.07, 6.45) is 5.53. The summed E-state index contributed by atoms with van der Waals surface area (Å²) < 4.78 is 0. The molecule has 1 aromatic rings. The van der Waals surface area contributed by atoms with E-state index in [0.29, 0.717) is 0 Å². The Balaban J connectivity index is 1.82. The Kier molecular flexibility index (Phi) is 6.44. The van der Waals surface area contributed by atoms with E-state index in [1.54, 1.807) is 0 Å². The largest absolute Gasteiger partial charge is 0.317 e. The van der Waals surface area contributed by atoms with Crippen LogP contribution in [0.15, 0.2) is 35.2 Å². The summed E-state index contributed by atoms with van der Waals surface area (Å²) in [5.41, 5.74) is 0. The molecule has 1 fully saturated rings. The molecular formula is C18H29NS. The van der Waals surface area contributed by atoms with Gasteiger partial charge in [0.1, 0.15) is 0 Å². The standard InChI is InChI=1S/C18H29NS/c1-14(2)15-9-10-18(19-3)16(13-15)11-12-20-17-7-5-4-6-8-17/h4-8,14-16,18-19H,9-13H2,1-3H3. The molecule has 0 radical (unpaired) electrons. The molecule has 1 saturated carbocycles. The van der Waals surface area contributed by atoms with Crippen LogP contribution in [-0.4, -0.2) is 18.8 Å². The van der Waals surface area contributed by atoms with Gasteiger partial charge in [-0.3, -0.25) is 0 Å². The lowest BCUT2D eigenvalue weighted by Gasteiger charge is -2.38. The Bertz CT molecular complexity index is 376. The van der Waals surface area contributed by atoms with Crippen LogP contribution in [0.1, 0.15) is 39.5 Å². The Labute approximate surface area is 128 Å². The van der Waals surface area contributed by atoms with Gasteiger partial charge in [-0.05, 0) is 68.4 Å². The third-order valence-electron chi connectivity index (χ3n) is 4.84. The summed E-state index contributed by atoms with van der Waals surface area (Å²) in [5, 5.41) is 3.55. The quantitative estimate of drug-likeness (QED) is 0.753. The van der Waals surface area contributed by atoms with Crippen molar-refractivity contribution in [2.45, 2.75) is 50.5 Å². The maximum atomic E-state index is 3.55. The predicted octanol–water partition coefficient (Wildman–Crippen LogP) is 4.83. The number of nitrogens with one attached hydrogen (secondary N) is 1. The van der Waals surface area contributed by atoms with Gasteiger partial charge in [-0.25, -0.2) is 0 Å². The molecule has 0 amide bonds. The minimum absolute atomic E-state index is 0.737. The third kappa shape index (κ3) is 4.53. The average Bonchev–Trinajstić information content (AvgIpc) is 2.48. The van der Waals surface area contributed by atoms with E-state index in [-0.39, 0.29) is 0 Å². The van der Waals surface area contributed by atoms with Crippen LogP contribution in [0.2, 0.25) is 0 Å². The van der Waals surface area contributed by atoms with Gasteiger partial charge in [-0.15, -0.1) is 11.8 Å². The van der Waals surface area contributed by atoms with Crippen molar-refractivity contribution >= 4 is 11.8 Å². The highest BCUT2D eigenvalue weighted by Crippen LogP contribution is 2.36. The number of hydrogen-bond donors (Lipinski definition) is 1. The zero-order chi connectivity index (χ0) is 14.4. The van der Waals surface area contributed by atoms with Crippen molar-refractivity contribution in [2.75, 3.05) is 12.8 Å². The lowest BCUT2D eigenvalue weighted by molar-refractivity contribution is 0.170. The molecule has 3 atom stereocenters. The van der Waals surface area contributed by atoms with E-state index >= 15 is 0 Å². The molecule has 112 valence electrons. The molecule has 0 heterocycles. The van der Waals surface area contributed by atoms with Crippen molar-refractivity contribution in [3.63, 3.8) is 0 Å². The second kappa shape index (κ2) is 8.09. The van der Waals surface area contributed by atoms with Gasteiger partial charge in [-0.2, -0.15) is 0 Å². The fourth-order valence-corrected chi connectivity index (χ4v) is 4.46. The molecule has 0 aliphatic heterocycles. The molecule has 0 spiro atoms. The maximum absolute atomic E-state index is 3.55. The van der Waals surface area contributed by atoms with E-state index in [9.17, 15) is 0 Å². The smallest absolute Gasteiger partial charge is 0.00928 e. The molecule has 2 heteroatoms. The SMILES string of the molecule is CNC1CCC(C(C)C)CC1CCSc1ccccc1. The summed E-state index contributed by atoms with van der Waals surface area (Å²) in [6.45, 7) is 4.78. The molecule has 0 aromatic heterocycles. The summed E-state index contributed by atoms with van der Waals surface area (Å²) >= 11 is 2.01. The Hall–Kier alpha value is -0.470. The monoisotopic (exact) mass is 291 g/mol. The summed E-state index contributed by atoms with van der Waals surface area (Å²) in [6, 6.07) is 11.5. The van der Waals surface area contributed by atoms with Crippen molar-refractivity contribution in [3.8, 4) is 0 Å². The second-order valence-electron chi connectivity index (χ2n) is 6.42. The number of thioether (sulfide) groups is 1. The molecule has 3 unspecified atom stereocenters. The zero-order valence-electron chi connectivity index (χ0n) is 13.1. The van der Waals surface area contributed by atoms with E-state index in [0.717, 1.165) is 23.8 Å². The molecule has 1 aliphatic rings. The van der Waals surface area contributed by atoms with Crippen molar-refractivity contribution in [1.82, 2.24) is 5.32 Å². The first-order valence-electron chi connectivity index (χ1n) is 8.05. The van der Waals surface area contributed by atoms with Crippen molar-refractivity contribution in [3.05, 3.63) is 30.3 Å². The topological polar surface area (TPSA) is 12.0 Å². The van der Waals surface area contributed by atoms with E-state index < -0.39 is 0 Å². The van der Waals surface area contributed by atoms with Crippen LogP contribution < -0.4 is 5.32 Å². The van der Waals surface area contributed by atoms with E-state index in [2.05, 4.69) is 56.5 Å². The van der Waals surface area contributed by atoms with Gasteiger partial charge < -0.3 is 5.32 Å². The van der Waals surface area contributed by atoms with Gasteiger partial charge in [-0.1, -0.05) is 32.0 Å². The van der Waals surface area contributed by atoms with Crippen LogP contribution in [0.25, 0.3) is 0 Å². The normalized spacial score (nSPS) is 26.9. The van der Waals surface area contributed by atoms with Gasteiger partial charge in [0.05, 0.1) is 0 Å². The fraction of sp³-hybridized carbons (Fsp3) is 0.667. The number of benzene rings is 1. The zero-order valence-corrected chi connectivity index (χ0v) is 14.0. The highest BCUT2D eigenvalue weighted by Gasteiger charge is 2.30. The van der Waals surface area contributed by atoms with E-state index in [1.165, 1.54) is 36.3 Å². The second-order valence-corrected chi connectivity index (χ2v) is 7.59. The molecule has 1 aromatic carbocycles. The van der Waals surface area contributed by atoms with Crippen molar-refractivity contribution in [2.24, 2.45) is 17.8 Å². The Morgan fingerprint density at radius 3 is 2.60 bits per heavy atom. The highest BCUT2D eigenvalue weighted by molar-refractivity contribution is 7.99. The minimum Gasteiger partial charge on any atom is -0.317 e. The first-order valence-corrected chi connectivity index (χ1v) is 9.04. The number of rotatable bonds is 6. The van der Waals surface area contributed by atoms with Gasteiger partial charge in [0.25, 0.3) is 0 Å². The molecule has 1 N–H and O–H groups in total. The number of hydrogen-bond acceptors (Lipinski definition) is 2. The molecule has 2 rings (SSSR count). The predicted molar refractivity (Wildman–Crippen MR) is 90.3 cm³/mol. The average molecular weight is 292 g/mol. The summed E-state index contributed by atoms with van der Waals surface area (Å²) in [7, 11) is 2.14. The lowest BCUT2D eigenvalue weighted by Crippen LogP contribution is -2.39. The third-order valence-corrected chi connectivity index (χ3v) is 5.88. The van der Waals surface area contributed by atoms with E-state index in [1.807, 2.05) is 11.8 Å². The van der Waals surface area contributed by atoms with Crippen LogP contribution in [0, 0.1) is 17.8 Å². The summed E-state index contributed by atoms with van der Waals surface area (Å²) in [5.74, 6) is 3.89. The van der Waals surface area contributed by atoms with Crippen molar-refractivity contribution < 1.29 is 0 Å². The van der Waals surface area contributed by atoms with Crippen LogP contribution >= 0.6 is 11.8 Å². The van der Waals surface area contributed by atoms with Gasteiger partial charge in [0.15, 0.2) is 0 Å². The minimum atomic E-state index is 0.737. The first-order chi connectivity index (χ1) is 9.70. The van der Waals surface area contributed by atoms with Crippen molar-refractivity contribution in [1.29, 1.82) is 0 Å². The molecule has 0 bridgehead atoms. The van der Waals surface area contributed by atoms with Crippen LogP contribution in [0.3, 0.4) is 0 Å². The molecule has 1 nitrogen and oxygen atoms in total. The van der Waals surface area contributed by atoms with Crippen LogP contribution in [0.4, 0.5) is 0 Å². The van der Waals surface area contributed by atoms with Gasteiger partial charge >= 0.3 is 0 Å². The fourth-order valence-electron chi connectivity index (χ4n) is 3.45. The lowest BCUT2D eigenvalue weighted by atomic mass is 9.73. The van der Waals surface area contributed by atoms with Crippen LogP contribution in [0.5, 0.6) is 0 Å².